The second kappa shape index (κ2) is 14.8. The third kappa shape index (κ3) is 12.4. The molecule has 0 aliphatic heterocycles. The molecule has 0 unspecified atom stereocenters. The minimum atomic E-state index is 0.000000000000000444. The van der Waals surface area contributed by atoms with Crippen LogP contribution in [0.1, 0.15) is 23.3 Å². The van der Waals surface area contributed by atoms with Crippen molar-refractivity contribution in [3.63, 3.8) is 0 Å². The quantitative estimate of drug-likeness (QED) is 0.277. The van der Waals surface area contributed by atoms with E-state index in [-0.39, 0.29) is 21.1 Å². The largest absolute Gasteiger partial charge is 0.292 e. The van der Waals surface area contributed by atoms with Gasteiger partial charge in [0.1, 0.15) is 23.3 Å². The summed E-state index contributed by atoms with van der Waals surface area (Å²) in [6.07, 6.45) is 0. The van der Waals surface area contributed by atoms with Gasteiger partial charge >= 0.3 is 0 Å². The molecule has 0 aromatic carbocycles. The lowest BCUT2D eigenvalue weighted by atomic mass is 10.6. The number of hydrogen-bond donors (Lipinski definition) is 4. The lowest BCUT2D eigenvalue weighted by molar-refractivity contribution is 0.917. The van der Waals surface area contributed by atoms with Crippen LogP contribution in [0.15, 0.2) is 0 Å². The molecule has 3 heterocycles. The maximum absolute atomic E-state index is 5.49. The summed E-state index contributed by atoms with van der Waals surface area (Å²) in [4.78, 5) is 33.6. The lowest BCUT2D eigenvalue weighted by Gasteiger charge is -1.98. The van der Waals surface area contributed by atoms with Crippen molar-refractivity contribution in [2.75, 3.05) is 5.43 Å². The maximum Gasteiger partial charge on any atom is 0.240 e. The van der Waals surface area contributed by atoms with Crippen molar-refractivity contribution in [3.05, 3.63) is 44.4 Å². The maximum atomic E-state index is 5.49. The summed E-state index contributed by atoms with van der Waals surface area (Å²) in [5, 5.41) is 0.264. The number of anilines is 1. The van der Waals surface area contributed by atoms with Crippen LogP contribution in [0.5, 0.6) is 0 Å². The zero-order chi connectivity index (χ0) is 23.3. The van der Waals surface area contributed by atoms with Crippen LogP contribution in [-0.2, 0) is 0 Å². The Morgan fingerprint density at radius 3 is 1.03 bits per heavy atom. The highest BCUT2D eigenvalue weighted by Gasteiger charge is 1.98. The van der Waals surface area contributed by atoms with Gasteiger partial charge < -0.3 is 0 Å². The van der Waals surface area contributed by atoms with E-state index in [0.717, 1.165) is 0 Å². The molecule has 17 heteroatoms. The number of hydrazine groups is 2. The van der Waals surface area contributed by atoms with E-state index < -0.39 is 0 Å². The molecule has 0 fully saturated rings. The fourth-order valence-electron chi connectivity index (χ4n) is 1.56. The molecular formula is C13H19Cl4N13. The fourth-order valence-corrected chi connectivity index (χ4v) is 2.41. The second-order valence-electron chi connectivity index (χ2n) is 4.74. The van der Waals surface area contributed by atoms with Crippen LogP contribution in [0, 0.1) is 27.7 Å². The number of rotatable bonds is 1. The van der Waals surface area contributed by atoms with Crippen LogP contribution in [0.2, 0.25) is 21.1 Å². The van der Waals surface area contributed by atoms with Gasteiger partial charge in [0.2, 0.25) is 27.1 Å². The van der Waals surface area contributed by atoms with Crippen molar-refractivity contribution in [1.29, 1.82) is 0 Å². The molecule has 0 aliphatic rings. The molecule has 3 rings (SSSR count). The van der Waals surface area contributed by atoms with Gasteiger partial charge in [-0.3, -0.25) is 17.1 Å². The highest BCUT2D eigenvalue weighted by Crippen LogP contribution is 2.08. The van der Waals surface area contributed by atoms with Crippen molar-refractivity contribution in [3.8, 4) is 0 Å². The predicted molar refractivity (Wildman–Crippen MR) is 115 cm³/mol. The van der Waals surface area contributed by atoms with Gasteiger partial charge in [-0.05, 0) is 74.1 Å². The molecule has 0 spiro atoms. The molecule has 0 atom stereocenters. The SMILES string of the molecule is Cc1nc(C)nc(Cl)n1.Cc1nc(C)nc(NN)n1.Clc1nc(Cl)nc(Cl)n1.NN. The van der Waals surface area contributed by atoms with Crippen LogP contribution < -0.4 is 23.0 Å². The third-order valence-electron chi connectivity index (χ3n) is 2.37. The number of hydrogen-bond acceptors (Lipinski definition) is 13. The summed E-state index contributed by atoms with van der Waals surface area (Å²) >= 11 is 21.4. The molecule has 13 nitrogen and oxygen atoms in total. The molecule has 0 saturated carbocycles. The summed E-state index contributed by atoms with van der Waals surface area (Å²) < 4.78 is 0. The van der Waals surface area contributed by atoms with Crippen molar-refractivity contribution >= 4 is 52.4 Å². The first-order valence-electron chi connectivity index (χ1n) is 7.65. The monoisotopic (exact) mass is 497 g/mol. The lowest BCUT2D eigenvalue weighted by Crippen LogP contribution is -2.12. The van der Waals surface area contributed by atoms with E-state index in [4.69, 9.17) is 52.2 Å². The number of aromatic nitrogens is 9. The van der Waals surface area contributed by atoms with E-state index in [1.165, 1.54) is 0 Å². The average molecular weight is 499 g/mol. The van der Waals surface area contributed by atoms with Crippen molar-refractivity contribution in [1.82, 2.24) is 44.9 Å². The van der Waals surface area contributed by atoms with E-state index in [2.05, 4.69) is 62.0 Å². The Hall–Kier alpha value is -2.13. The number of nitrogens with zero attached hydrogens (tertiary/aromatic N) is 9. The summed E-state index contributed by atoms with van der Waals surface area (Å²) in [5.41, 5.74) is 2.35. The Labute approximate surface area is 192 Å². The van der Waals surface area contributed by atoms with Crippen molar-refractivity contribution < 1.29 is 0 Å². The number of nitrogens with one attached hydrogen (secondary N) is 1. The summed E-state index contributed by atoms with van der Waals surface area (Å²) in [5.74, 6) is 16.1. The van der Waals surface area contributed by atoms with Gasteiger partial charge in [-0.1, -0.05) is 0 Å². The molecule has 0 bridgehead atoms. The summed E-state index contributed by atoms with van der Waals surface area (Å²) in [6.45, 7) is 7.13. The number of halogens is 4. The Morgan fingerprint density at radius 1 is 0.500 bits per heavy atom. The highest BCUT2D eigenvalue weighted by molar-refractivity contribution is 6.33. The Morgan fingerprint density at radius 2 is 0.767 bits per heavy atom. The van der Waals surface area contributed by atoms with E-state index in [1.54, 1.807) is 27.7 Å². The van der Waals surface area contributed by atoms with Gasteiger partial charge in [0.15, 0.2) is 0 Å². The first-order chi connectivity index (χ1) is 14.1. The van der Waals surface area contributed by atoms with E-state index in [9.17, 15) is 0 Å². The Bertz CT molecular complexity index is 757. The van der Waals surface area contributed by atoms with Crippen molar-refractivity contribution in [2.45, 2.75) is 27.7 Å². The normalized spacial score (nSPS) is 9.17. The smallest absolute Gasteiger partial charge is 0.240 e. The van der Waals surface area contributed by atoms with Crippen LogP contribution in [-0.4, -0.2) is 44.9 Å². The molecule has 7 N–H and O–H groups in total. The molecule has 30 heavy (non-hydrogen) atoms. The molecular weight excluding hydrogens is 480 g/mol. The number of nitrogen functional groups attached to an aromatic ring is 1. The molecule has 3 aromatic rings. The molecule has 0 radical (unpaired) electrons. The Balaban J connectivity index is 0.000000404. The van der Waals surface area contributed by atoms with Gasteiger partial charge in [0.05, 0.1) is 0 Å². The predicted octanol–water partition coefficient (Wildman–Crippen LogP) is 1.57. The van der Waals surface area contributed by atoms with Crippen LogP contribution in [0.3, 0.4) is 0 Å². The average Bonchev–Trinajstić information content (AvgIpc) is 2.61. The minimum Gasteiger partial charge on any atom is -0.292 e. The van der Waals surface area contributed by atoms with Gasteiger partial charge in [-0.25, -0.2) is 25.8 Å². The van der Waals surface area contributed by atoms with Crippen LogP contribution in [0.4, 0.5) is 5.95 Å². The zero-order valence-corrected chi connectivity index (χ0v) is 19.3. The van der Waals surface area contributed by atoms with E-state index in [0.29, 0.717) is 29.2 Å². The Kier molecular flexibility index (Phi) is 13.7. The van der Waals surface area contributed by atoms with Gasteiger partial charge in [-0.15, -0.1) is 0 Å². The van der Waals surface area contributed by atoms with Gasteiger partial charge in [0, 0.05) is 0 Å². The topological polar surface area (TPSA) is 206 Å². The van der Waals surface area contributed by atoms with E-state index in [1.807, 2.05) is 0 Å². The molecule has 3 aromatic heterocycles. The second-order valence-corrected chi connectivity index (χ2v) is 6.09. The minimum absolute atomic E-state index is 0.000000000000000444. The highest BCUT2D eigenvalue weighted by atomic mass is 35.5. The molecule has 0 saturated heterocycles. The molecule has 0 aliphatic carbocycles. The van der Waals surface area contributed by atoms with Crippen LogP contribution >= 0.6 is 46.4 Å². The fraction of sp³-hybridized carbons (Fsp3) is 0.308. The first kappa shape index (κ1) is 27.9. The van der Waals surface area contributed by atoms with Crippen LogP contribution in [0.25, 0.3) is 0 Å². The summed E-state index contributed by atoms with van der Waals surface area (Å²) in [7, 11) is 0. The first-order valence-corrected chi connectivity index (χ1v) is 9.16. The third-order valence-corrected chi connectivity index (χ3v) is 3.05. The summed E-state index contributed by atoms with van der Waals surface area (Å²) in [6, 6.07) is 0. The zero-order valence-electron chi connectivity index (χ0n) is 16.3. The van der Waals surface area contributed by atoms with Gasteiger partial charge in [0.25, 0.3) is 0 Å². The van der Waals surface area contributed by atoms with Crippen molar-refractivity contribution in [2.24, 2.45) is 17.5 Å². The standard InChI is InChI=1S/C5H6ClN3.C5H9N5.C3Cl3N3.H4N2/c1-3-7-4(2)9-5(6)8-3;1-3-7-4(2)9-5(8-3)10-6;4-1-7-2(5)9-3(6)8-1;1-2/h1-2H3;6H2,1-2H3,(H,7,8,9,10);;1-2H2. The van der Waals surface area contributed by atoms with E-state index >= 15 is 0 Å². The van der Waals surface area contributed by atoms with Gasteiger partial charge in [-0.2, -0.15) is 24.9 Å². The number of aryl methyl sites for hydroxylation is 4. The molecule has 0 amide bonds. The number of nitrogens with two attached hydrogens (primary N) is 3. The molecule has 164 valence electrons.